The third kappa shape index (κ3) is 0.890. The number of epoxide rings is 1. The molecule has 0 aromatic carbocycles. The summed E-state index contributed by atoms with van der Waals surface area (Å²) in [6.45, 7) is 0. The van der Waals surface area contributed by atoms with Crippen molar-refractivity contribution >= 4 is 11.6 Å². The van der Waals surface area contributed by atoms with Crippen molar-refractivity contribution in [2.24, 2.45) is 4.99 Å². The third-order valence-electron chi connectivity index (χ3n) is 3.10. The van der Waals surface area contributed by atoms with Gasteiger partial charge in [-0.15, -0.1) is 0 Å². The van der Waals surface area contributed by atoms with Crippen LogP contribution in [0.5, 0.6) is 0 Å². The number of nitrogens with zero attached hydrogens (tertiary/aromatic N) is 2. The highest BCUT2D eigenvalue weighted by atomic mass is 16.6. The number of hydrogen-bond acceptors (Lipinski definition) is 3. The number of pyridine rings is 1. The Kier molecular flexibility index (Phi) is 1.24. The van der Waals surface area contributed by atoms with Crippen LogP contribution >= 0.6 is 0 Å². The Morgan fingerprint density at radius 1 is 1.40 bits per heavy atom. The second-order valence-corrected chi connectivity index (χ2v) is 3.94. The molecule has 1 fully saturated rings. The van der Waals surface area contributed by atoms with Gasteiger partial charge in [0.25, 0.3) is 0 Å². The molecule has 1 aliphatic carbocycles. The summed E-state index contributed by atoms with van der Waals surface area (Å²) in [6, 6.07) is 4.02. The molecule has 0 unspecified atom stereocenters. The van der Waals surface area contributed by atoms with E-state index in [-0.39, 0.29) is 12.2 Å². The summed E-state index contributed by atoms with van der Waals surface area (Å²) in [4.78, 5) is 8.70. The predicted molar refractivity (Wildman–Crippen MR) is 55.4 cm³/mol. The summed E-state index contributed by atoms with van der Waals surface area (Å²) in [5.41, 5.74) is 4.40. The molecule has 3 heterocycles. The normalized spacial score (nSPS) is 29.6. The molecule has 2 atom stereocenters. The smallest absolute Gasteiger partial charge is 0.116 e. The van der Waals surface area contributed by atoms with Crippen molar-refractivity contribution in [2.45, 2.75) is 18.6 Å². The highest BCUT2D eigenvalue weighted by Crippen LogP contribution is 2.52. The summed E-state index contributed by atoms with van der Waals surface area (Å²) in [7, 11) is 0. The van der Waals surface area contributed by atoms with Crippen LogP contribution in [0, 0.1) is 0 Å². The molecule has 15 heavy (non-hydrogen) atoms. The van der Waals surface area contributed by atoms with Crippen LogP contribution in [0.3, 0.4) is 0 Å². The van der Waals surface area contributed by atoms with Crippen LogP contribution < -0.4 is 0 Å². The maximum atomic E-state index is 5.67. The number of aromatic nitrogens is 1. The molecule has 0 saturated carbocycles. The Bertz CT molecular complexity index is 552. The SMILES string of the molecule is C1=CCC2=C(N=1)c1ncccc1[C@@H]1O[C@H]21. The average Bonchev–Trinajstić information content (AvgIpc) is 3.10. The predicted octanol–water partition coefficient (Wildman–Crippen LogP) is 1.88. The van der Waals surface area contributed by atoms with Crippen LogP contribution in [0.1, 0.15) is 23.8 Å². The number of rotatable bonds is 0. The Balaban J connectivity index is 2.04. The minimum absolute atomic E-state index is 0.231. The van der Waals surface area contributed by atoms with Crippen molar-refractivity contribution in [2.75, 3.05) is 0 Å². The first-order valence-electron chi connectivity index (χ1n) is 5.07. The molecule has 4 rings (SSSR count). The zero-order valence-electron chi connectivity index (χ0n) is 7.97. The monoisotopic (exact) mass is 196 g/mol. The van der Waals surface area contributed by atoms with E-state index in [0.717, 1.165) is 17.8 Å². The van der Waals surface area contributed by atoms with E-state index in [2.05, 4.69) is 21.9 Å². The summed E-state index contributed by atoms with van der Waals surface area (Å²) in [5.74, 6) is 2.91. The molecule has 0 N–H and O–H groups in total. The molecule has 0 amide bonds. The van der Waals surface area contributed by atoms with Gasteiger partial charge < -0.3 is 4.74 Å². The minimum atomic E-state index is 0.231. The Morgan fingerprint density at radius 2 is 2.40 bits per heavy atom. The molecule has 1 aromatic rings. The largest absolute Gasteiger partial charge is 0.360 e. The van der Waals surface area contributed by atoms with Gasteiger partial charge in [-0.2, -0.15) is 0 Å². The molecule has 0 radical (unpaired) electrons. The van der Waals surface area contributed by atoms with Gasteiger partial charge in [0.05, 0.1) is 5.69 Å². The lowest BCUT2D eigenvalue weighted by Gasteiger charge is -2.16. The Labute approximate surface area is 86.8 Å². The van der Waals surface area contributed by atoms with Gasteiger partial charge in [0, 0.05) is 18.2 Å². The summed E-state index contributed by atoms with van der Waals surface area (Å²) >= 11 is 0. The van der Waals surface area contributed by atoms with Crippen molar-refractivity contribution in [3.63, 3.8) is 0 Å². The summed E-state index contributed by atoms with van der Waals surface area (Å²) in [6.07, 6.45) is 5.13. The van der Waals surface area contributed by atoms with Crippen molar-refractivity contribution in [1.82, 2.24) is 4.98 Å². The van der Waals surface area contributed by atoms with Crippen LogP contribution in [0.2, 0.25) is 0 Å². The van der Waals surface area contributed by atoms with Gasteiger partial charge in [0.2, 0.25) is 0 Å². The van der Waals surface area contributed by atoms with Crippen molar-refractivity contribution in [3.8, 4) is 0 Å². The van der Waals surface area contributed by atoms with Gasteiger partial charge in [0.15, 0.2) is 0 Å². The Morgan fingerprint density at radius 3 is 3.40 bits per heavy atom. The van der Waals surface area contributed by atoms with Gasteiger partial charge >= 0.3 is 0 Å². The van der Waals surface area contributed by atoms with E-state index >= 15 is 0 Å². The number of aliphatic imine (C=N–C) groups is 1. The first-order valence-corrected chi connectivity index (χ1v) is 5.07. The molecule has 2 aliphatic heterocycles. The van der Waals surface area contributed by atoms with Gasteiger partial charge in [-0.25, -0.2) is 4.99 Å². The van der Waals surface area contributed by atoms with Crippen molar-refractivity contribution < 1.29 is 4.74 Å². The molecule has 0 spiro atoms. The Hall–Kier alpha value is -1.70. The quantitative estimate of drug-likeness (QED) is 0.594. The first-order chi connectivity index (χ1) is 7.45. The van der Waals surface area contributed by atoms with E-state index in [1.54, 1.807) is 6.20 Å². The lowest BCUT2D eigenvalue weighted by molar-refractivity contribution is 0.389. The molecular formula is C12H8N2O. The molecule has 3 heteroatoms. The van der Waals surface area contributed by atoms with E-state index in [0.29, 0.717) is 0 Å². The molecule has 72 valence electrons. The minimum Gasteiger partial charge on any atom is -0.360 e. The lowest BCUT2D eigenvalue weighted by atomic mass is 9.91. The van der Waals surface area contributed by atoms with Crippen LogP contribution in [-0.2, 0) is 4.74 Å². The van der Waals surface area contributed by atoms with E-state index in [9.17, 15) is 0 Å². The zero-order chi connectivity index (χ0) is 9.83. The van der Waals surface area contributed by atoms with Crippen LogP contribution in [-0.4, -0.2) is 17.0 Å². The number of allylic oxidation sites excluding steroid dienone is 1. The standard InChI is InChI=1S/C12H8N2O/c1-3-7-9(13-5-1)10-8(4-2-6-14-10)12-11(7)15-12/h1-3,5,11-12H,4H2/t11-,12+/m0/s1. The van der Waals surface area contributed by atoms with Gasteiger partial charge in [-0.1, -0.05) is 6.07 Å². The van der Waals surface area contributed by atoms with Crippen molar-refractivity contribution in [3.05, 3.63) is 41.2 Å². The zero-order valence-corrected chi connectivity index (χ0v) is 7.97. The van der Waals surface area contributed by atoms with Gasteiger partial charge in [0.1, 0.15) is 17.9 Å². The summed E-state index contributed by atoms with van der Waals surface area (Å²) in [5, 5.41) is 0. The maximum Gasteiger partial charge on any atom is 0.116 e. The topological polar surface area (TPSA) is 37.8 Å². The number of hydrogen-bond donors (Lipinski definition) is 0. The molecular weight excluding hydrogens is 188 g/mol. The summed E-state index contributed by atoms with van der Waals surface area (Å²) < 4.78 is 5.67. The first kappa shape index (κ1) is 7.57. The molecule has 1 aromatic heterocycles. The second kappa shape index (κ2) is 2.45. The maximum absolute atomic E-state index is 5.67. The fourth-order valence-electron chi connectivity index (χ4n) is 2.35. The number of fused-ring (bicyclic) bond motifs is 5. The highest BCUT2D eigenvalue weighted by Gasteiger charge is 2.49. The molecule has 3 nitrogen and oxygen atoms in total. The van der Waals surface area contributed by atoms with E-state index < -0.39 is 0 Å². The van der Waals surface area contributed by atoms with E-state index in [1.807, 2.05) is 12.1 Å². The van der Waals surface area contributed by atoms with Crippen LogP contribution in [0.15, 0.2) is 35.0 Å². The van der Waals surface area contributed by atoms with Gasteiger partial charge in [-0.05, 0) is 23.6 Å². The van der Waals surface area contributed by atoms with E-state index in [4.69, 9.17) is 4.74 Å². The van der Waals surface area contributed by atoms with Crippen LogP contribution in [0.25, 0.3) is 5.70 Å². The molecule has 3 aliphatic rings. The third-order valence-corrected chi connectivity index (χ3v) is 3.10. The molecule has 0 bridgehead atoms. The van der Waals surface area contributed by atoms with Crippen molar-refractivity contribution in [1.29, 1.82) is 0 Å². The fourth-order valence-corrected chi connectivity index (χ4v) is 2.35. The average molecular weight is 196 g/mol. The molecule has 1 saturated heterocycles. The fraction of sp³-hybridized carbons (Fsp3) is 0.250. The van der Waals surface area contributed by atoms with Gasteiger partial charge in [-0.3, -0.25) is 4.98 Å². The van der Waals surface area contributed by atoms with E-state index in [1.165, 1.54) is 11.1 Å². The van der Waals surface area contributed by atoms with Crippen LogP contribution in [0.4, 0.5) is 0 Å². The lowest BCUT2D eigenvalue weighted by Crippen LogP contribution is -2.09. The second-order valence-electron chi connectivity index (χ2n) is 3.94. The number of ether oxygens (including phenoxy) is 1. The highest BCUT2D eigenvalue weighted by molar-refractivity contribution is 5.80.